The molecule has 2 aromatic carbocycles. The molecule has 2 heteroatoms. The third-order valence-corrected chi connectivity index (χ3v) is 3.05. The van der Waals surface area contributed by atoms with Crippen molar-refractivity contribution >= 4 is 5.78 Å². The summed E-state index contributed by atoms with van der Waals surface area (Å²) in [5.74, 6) is 0.751. The molecule has 0 aromatic heterocycles. The zero-order valence-corrected chi connectivity index (χ0v) is 11.6. The van der Waals surface area contributed by atoms with Crippen LogP contribution in [0.2, 0.25) is 0 Å². The molecule has 0 radical (unpaired) electrons. The summed E-state index contributed by atoms with van der Waals surface area (Å²) in [4.78, 5) is 12.2. The number of rotatable bonds is 4. The Hall–Kier alpha value is -2.09. The van der Waals surface area contributed by atoms with Crippen molar-refractivity contribution in [1.82, 2.24) is 0 Å². The second-order valence-electron chi connectivity index (χ2n) is 4.85. The molecule has 0 bridgehead atoms. The summed E-state index contributed by atoms with van der Waals surface area (Å²) in [6.45, 7) is 6.00. The van der Waals surface area contributed by atoms with Gasteiger partial charge >= 0.3 is 0 Å². The molecule has 0 saturated carbocycles. The van der Waals surface area contributed by atoms with Crippen LogP contribution >= 0.6 is 0 Å². The van der Waals surface area contributed by atoms with Gasteiger partial charge in [-0.2, -0.15) is 0 Å². The van der Waals surface area contributed by atoms with E-state index in [0.29, 0.717) is 0 Å². The van der Waals surface area contributed by atoms with Gasteiger partial charge in [0.2, 0.25) is 0 Å². The van der Waals surface area contributed by atoms with Crippen molar-refractivity contribution in [2.45, 2.75) is 20.8 Å². The van der Waals surface area contributed by atoms with Gasteiger partial charge in [-0.3, -0.25) is 4.79 Å². The highest BCUT2D eigenvalue weighted by Crippen LogP contribution is 2.15. The SMILES string of the molecule is Cc1cccc(OCC(=O)c2cc(C)ccc2C)c1. The Bertz CT molecular complexity index is 600. The minimum atomic E-state index is 0.0164. The Labute approximate surface area is 114 Å². The molecule has 0 N–H and O–H groups in total. The number of hydrogen-bond donors (Lipinski definition) is 0. The normalized spacial score (nSPS) is 10.3. The van der Waals surface area contributed by atoms with Crippen molar-refractivity contribution in [2.24, 2.45) is 0 Å². The minimum Gasteiger partial charge on any atom is -0.485 e. The van der Waals surface area contributed by atoms with Crippen LogP contribution in [0, 0.1) is 20.8 Å². The molecular formula is C17H18O2. The van der Waals surface area contributed by atoms with Gasteiger partial charge in [0.05, 0.1) is 0 Å². The zero-order chi connectivity index (χ0) is 13.8. The number of ether oxygens (including phenoxy) is 1. The second kappa shape index (κ2) is 5.70. The van der Waals surface area contributed by atoms with Gasteiger partial charge in [-0.1, -0.05) is 29.8 Å². The van der Waals surface area contributed by atoms with Gasteiger partial charge < -0.3 is 4.74 Å². The van der Waals surface area contributed by atoms with E-state index >= 15 is 0 Å². The van der Waals surface area contributed by atoms with Crippen LogP contribution in [0.25, 0.3) is 0 Å². The van der Waals surface area contributed by atoms with Gasteiger partial charge in [0.1, 0.15) is 5.75 Å². The van der Waals surface area contributed by atoms with Crippen LogP contribution in [-0.2, 0) is 0 Å². The van der Waals surface area contributed by atoms with Gasteiger partial charge in [0, 0.05) is 5.56 Å². The van der Waals surface area contributed by atoms with E-state index in [9.17, 15) is 4.79 Å². The molecular weight excluding hydrogens is 236 g/mol. The lowest BCUT2D eigenvalue weighted by molar-refractivity contribution is 0.0921. The van der Waals surface area contributed by atoms with Crippen molar-refractivity contribution in [3.8, 4) is 5.75 Å². The Kier molecular flexibility index (Phi) is 4.00. The molecule has 0 spiro atoms. The summed E-state index contributed by atoms with van der Waals surface area (Å²) in [5, 5.41) is 0. The molecule has 0 heterocycles. The number of carbonyl (C=O) groups is 1. The van der Waals surface area contributed by atoms with Crippen molar-refractivity contribution in [3.05, 3.63) is 64.7 Å². The average molecular weight is 254 g/mol. The van der Waals surface area contributed by atoms with E-state index in [1.54, 1.807) is 0 Å². The quantitative estimate of drug-likeness (QED) is 0.774. The van der Waals surface area contributed by atoms with Crippen molar-refractivity contribution < 1.29 is 9.53 Å². The van der Waals surface area contributed by atoms with E-state index in [0.717, 1.165) is 28.0 Å². The van der Waals surface area contributed by atoms with Crippen LogP contribution in [0.3, 0.4) is 0 Å². The van der Waals surface area contributed by atoms with Crippen LogP contribution in [0.1, 0.15) is 27.0 Å². The first kappa shape index (κ1) is 13.3. The smallest absolute Gasteiger partial charge is 0.200 e. The molecule has 0 atom stereocenters. The van der Waals surface area contributed by atoms with E-state index in [1.807, 2.05) is 63.2 Å². The molecule has 0 aliphatic carbocycles. The summed E-state index contributed by atoms with van der Waals surface area (Å²) >= 11 is 0. The van der Waals surface area contributed by atoms with Gasteiger partial charge in [-0.15, -0.1) is 0 Å². The molecule has 0 unspecified atom stereocenters. The van der Waals surface area contributed by atoms with Crippen LogP contribution in [-0.4, -0.2) is 12.4 Å². The fraction of sp³-hybridized carbons (Fsp3) is 0.235. The summed E-state index contributed by atoms with van der Waals surface area (Å²) in [6, 6.07) is 13.6. The first-order valence-electron chi connectivity index (χ1n) is 6.36. The Morgan fingerprint density at radius 1 is 1.00 bits per heavy atom. The summed E-state index contributed by atoms with van der Waals surface area (Å²) in [6.07, 6.45) is 0. The Morgan fingerprint density at radius 2 is 1.74 bits per heavy atom. The molecule has 0 fully saturated rings. The standard InChI is InChI=1S/C17H18O2/c1-12-5-4-6-15(9-12)19-11-17(18)16-10-13(2)7-8-14(16)3/h4-10H,11H2,1-3H3. The lowest BCUT2D eigenvalue weighted by Crippen LogP contribution is -2.13. The fourth-order valence-electron chi connectivity index (χ4n) is 1.97. The van der Waals surface area contributed by atoms with E-state index in [1.165, 1.54) is 0 Å². The van der Waals surface area contributed by atoms with Crippen molar-refractivity contribution in [1.29, 1.82) is 0 Å². The number of ketones is 1. The lowest BCUT2D eigenvalue weighted by Gasteiger charge is -2.08. The summed E-state index contributed by atoms with van der Waals surface area (Å²) in [7, 11) is 0. The molecule has 19 heavy (non-hydrogen) atoms. The Morgan fingerprint density at radius 3 is 2.47 bits per heavy atom. The van der Waals surface area contributed by atoms with Gasteiger partial charge in [0.25, 0.3) is 0 Å². The topological polar surface area (TPSA) is 26.3 Å². The highest BCUT2D eigenvalue weighted by atomic mass is 16.5. The number of aryl methyl sites for hydroxylation is 3. The third kappa shape index (κ3) is 3.44. The molecule has 98 valence electrons. The van der Waals surface area contributed by atoms with Crippen LogP contribution < -0.4 is 4.74 Å². The zero-order valence-electron chi connectivity index (χ0n) is 11.6. The average Bonchev–Trinajstić information content (AvgIpc) is 2.39. The van der Waals surface area contributed by atoms with E-state index in [2.05, 4.69) is 0 Å². The molecule has 0 saturated heterocycles. The van der Waals surface area contributed by atoms with Crippen LogP contribution in [0.4, 0.5) is 0 Å². The molecule has 2 rings (SSSR count). The van der Waals surface area contributed by atoms with Gasteiger partial charge in [-0.25, -0.2) is 0 Å². The number of benzene rings is 2. The van der Waals surface area contributed by atoms with Crippen molar-refractivity contribution in [3.63, 3.8) is 0 Å². The van der Waals surface area contributed by atoms with Gasteiger partial charge in [0.15, 0.2) is 12.4 Å². The van der Waals surface area contributed by atoms with Crippen LogP contribution in [0.5, 0.6) is 5.75 Å². The lowest BCUT2D eigenvalue weighted by atomic mass is 10.0. The molecule has 2 aromatic rings. The minimum absolute atomic E-state index is 0.0164. The third-order valence-electron chi connectivity index (χ3n) is 3.05. The first-order valence-corrected chi connectivity index (χ1v) is 6.36. The van der Waals surface area contributed by atoms with E-state index < -0.39 is 0 Å². The van der Waals surface area contributed by atoms with E-state index in [-0.39, 0.29) is 12.4 Å². The maximum absolute atomic E-state index is 12.2. The maximum atomic E-state index is 12.2. The summed E-state index contributed by atoms with van der Waals surface area (Å²) < 4.78 is 5.55. The fourth-order valence-corrected chi connectivity index (χ4v) is 1.97. The second-order valence-corrected chi connectivity index (χ2v) is 4.85. The molecule has 0 amide bonds. The largest absolute Gasteiger partial charge is 0.485 e. The number of Topliss-reactive ketones (excluding diaryl/α,β-unsaturated/α-hetero) is 1. The highest BCUT2D eigenvalue weighted by molar-refractivity contribution is 5.98. The molecule has 0 aliphatic rings. The maximum Gasteiger partial charge on any atom is 0.200 e. The monoisotopic (exact) mass is 254 g/mol. The first-order chi connectivity index (χ1) is 9.06. The van der Waals surface area contributed by atoms with Crippen LogP contribution in [0.15, 0.2) is 42.5 Å². The Balaban J connectivity index is 2.07. The van der Waals surface area contributed by atoms with Gasteiger partial charge in [-0.05, 0) is 50.1 Å². The number of hydrogen-bond acceptors (Lipinski definition) is 2. The summed E-state index contributed by atoms with van der Waals surface area (Å²) in [5.41, 5.74) is 3.94. The highest BCUT2D eigenvalue weighted by Gasteiger charge is 2.10. The molecule has 0 aliphatic heterocycles. The predicted octanol–water partition coefficient (Wildman–Crippen LogP) is 3.87. The van der Waals surface area contributed by atoms with E-state index in [4.69, 9.17) is 4.74 Å². The molecule has 2 nitrogen and oxygen atoms in total. The number of carbonyl (C=O) groups excluding carboxylic acids is 1. The predicted molar refractivity (Wildman–Crippen MR) is 76.9 cm³/mol. The van der Waals surface area contributed by atoms with Crippen molar-refractivity contribution in [2.75, 3.05) is 6.61 Å².